The summed E-state index contributed by atoms with van der Waals surface area (Å²) in [5.41, 5.74) is 0.495. The lowest BCUT2D eigenvalue weighted by Crippen LogP contribution is -2.46. The van der Waals surface area contributed by atoms with E-state index in [1.807, 2.05) is 7.11 Å². The van der Waals surface area contributed by atoms with Crippen LogP contribution in [-0.2, 0) is 4.74 Å². The predicted octanol–water partition coefficient (Wildman–Crippen LogP) is 2.73. The fourth-order valence-electron chi connectivity index (χ4n) is 3.10. The smallest absolute Gasteiger partial charge is 0.0462 e. The van der Waals surface area contributed by atoms with Crippen LogP contribution in [-0.4, -0.2) is 25.8 Å². The van der Waals surface area contributed by atoms with Crippen molar-refractivity contribution in [3.05, 3.63) is 0 Å². The lowest BCUT2D eigenvalue weighted by Gasteiger charge is -2.34. The lowest BCUT2D eigenvalue weighted by atomic mass is 9.84. The summed E-state index contributed by atoms with van der Waals surface area (Å²) in [6, 6.07) is 0. The van der Waals surface area contributed by atoms with Gasteiger partial charge in [-0.3, -0.25) is 0 Å². The zero-order valence-corrected chi connectivity index (χ0v) is 10.1. The van der Waals surface area contributed by atoms with Gasteiger partial charge in [-0.05, 0) is 51.0 Å². The van der Waals surface area contributed by atoms with Crippen LogP contribution in [0.15, 0.2) is 0 Å². The summed E-state index contributed by atoms with van der Waals surface area (Å²) in [4.78, 5) is 0. The van der Waals surface area contributed by atoms with E-state index < -0.39 is 0 Å². The highest BCUT2D eigenvalue weighted by Crippen LogP contribution is 2.45. The molecule has 2 rings (SSSR count). The van der Waals surface area contributed by atoms with E-state index >= 15 is 0 Å². The number of hydrogen-bond acceptors (Lipinski definition) is 2. The van der Waals surface area contributed by atoms with Crippen molar-refractivity contribution in [2.45, 2.75) is 56.9 Å². The Morgan fingerprint density at radius 2 is 2.13 bits per heavy atom. The van der Waals surface area contributed by atoms with E-state index in [1.54, 1.807) is 0 Å². The van der Waals surface area contributed by atoms with Gasteiger partial charge in [-0.1, -0.05) is 12.8 Å². The largest absolute Gasteiger partial charge is 0.385 e. The molecular weight excluding hydrogens is 186 g/mol. The van der Waals surface area contributed by atoms with E-state index in [0.717, 1.165) is 12.5 Å². The summed E-state index contributed by atoms with van der Waals surface area (Å²) in [7, 11) is 1.81. The summed E-state index contributed by atoms with van der Waals surface area (Å²) in [6.07, 6.45) is 11.1. The summed E-state index contributed by atoms with van der Waals surface area (Å²) < 4.78 is 5.18. The van der Waals surface area contributed by atoms with Crippen molar-refractivity contribution in [2.75, 3.05) is 20.3 Å². The SMILES string of the molecule is COCCCC1(C2CC2)CCCCCN1. The highest BCUT2D eigenvalue weighted by atomic mass is 16.5. The molecule has 0 bridgehead atoms. The molecule has 1 saturated carbocycles. The van der Waals surface area contributed by atoms with Crippen molar-refractivity contribution in [3.8, 4) is 0 Å². The number of hydrogen-bond donors (Lipinski definition) is 1. The Morgan fingerprint density at radius 1 is 1.27 bits per heavy atom. The standard InChI is InChI=1S/C13H25NO/c1-15-11-5-9-13(12-6-7-12)8-3-2-4-10-14-13/h12,14H,2-11H2,1H3. The summed E-state index contributed by atoms with van der Waals surface area (Å²) in [5.74, 6) is 0.979. The summed E-state index contributed by atoms with van der Waals surface area (Å²) in [5, 5.41) is 3.86. The maximum Gasteiger partial charge on any atom is 0.0462 e. The van der Waals surface area contributed by atoms with Crippen molar-refractivity contribution in [1.82, 2.24) is 5.32 Å². The molecule has 0 radical (unpaired) electrons. The van der Waals surface area contributed by atoms with E-state index in [4.69, 9.17) is 4.74 Å². The Morgan fingerprint density at radius 3 is 2.87 bits per heavy atom. The third kappa shape index (κ3) is 2.94. The number of nitrogens with one attached hydrogen (secondary N) is 1. The molecule has 0 aromatic heterocycles. The topological polar surface area (TPSA) is 21.3 Å². The van der Waals surface area contributed by atoms with Crippen LogP contribution in [0.5, 0.6) is 0 Å². The zero-order valence-electron chi connectivity index (χ0n) is 10.1. The molecule has 0 spiro atoms. The monoisotopic (exact) mass is 211 g/mol. The van der Waals surface area contributed by atoms with Crippen molar-refractivity contribution in [3.63, 3.8) is 0 Å². The average Bonchev–Trinajstić information content (AvgIpc) is 3.06. The first-order valence-corrected chi connectivity index (χ1v) is 6.61. The molecule has 2 heteroatoms. The normalized spacial score (nSPS) is 32.6. The Bertz CT molecular complexity index is 181. The van der Waals surface area contributed by atoms with Gasteiger partial charge in [0.2, 0.25) is 0 Å². The number of methoxy groups -OCH3 is 1. The average molecular weight is 211 g/mol. The molecule has 1 atom stereocenters. The molecule has 1 saturated heterocycles. The lowest BCUT2D eigenvalue weighted by molar-refractivity contribution is 0.166. The van der Waals surface area contributed by atoms with Crippen molar-refractivity contribution in [1.29, 1.82) is 0 Å². The molecule has 1 aliphatic carbocycles. The minimum absolute atomic E-state index is 0.495. The van der Waals surface area contributed by atoms with Crippen LogP contribution in [0.4, 0.5) is 0 Å². The van der Waals surface area contributed by atoms with Gasteiger partial charge in [-0.25, -0.2) is 0 Å². The van der Waals surface area contributed by atoms with Crippen LogP contribution in [0.2, 0.25) is 0 Å². The fourth-order valence-corrected chi connectivity index (χ4v) is 3.10. The molecule has 1 aliphatic heterocycles. The maximum atomic E-state index is 5.18. The molecule has 0 aromatic carbocycles. The Hall–Kier alpha value is -0.0800. The highest BCUT2D eigenvalue weighted by Gasteiger charge is 2.44. The first-order valence-electron chi connectivity index (χ1n) is 6.61. The number of rotatable bonds is 5. The van der Waals surface area contributed by atoms with E-state index in [-0.39, 0.29) is 0 Å². The quantitative estimate of drug-likeness (QED) is 0.706. The molecule has 1 heterocycles. The van der Waals surface area contributed by atoms with Crippen molar-refractivity contribution >= 4 is 0 Å². The first kappa shape index (κ1) is 11.4. The molecule has 1 unspecified atom stereocenters. The van der Waals surface area contributed by atoms with Crippen molar-refractivity contribution < 1.29 is 4.74 Å². The molecule has 1 N–H and O–H groups in total. The van der Waals surface area contributed by atoms with Crippen molar-refractivity contribution in [2.24, 2.45) is 5.92 Å². The fraction of sp³-hybridized carbons (Fsp3) is 1.00. The summed E-state index contributed by atoms with van der Waals surface area (Å²) in [6.45, 7) is 2.17. The predicted molar refractivity (Wildman–Crippen MR) is 63.0 cm³/mol. The minimum atomic E-state index is 0.495. The van der Waals surface area contributed by atoms with Gasteiger partial charge >= 0.3 is 0 Å². The van der Waals surface area contributed by atoms with Gasteiger partial charge in [0.1, 0.15) is 0 Å². The molecule has 0 amide bonds. The third-order valence-corrected chi connectivity index (χ3v) is 4.11. The van der Waals surface area contributed by atoms with Gasteiger partial charge in [0.25, 0.3) is 0 Å². The Kier molecular flexibility index (Phi) is 4.04. The molecule has 2 aliphatic rings. The molecule has 88 valence electrons. The van der Waals surface area contributed by atoms with Crippen LogP contribution in [0, 0.1) is 5.92 Å². The maximum absolute atomic E-state index is 5.18. The Labute approximate surface area is 93.8 Å². The number of ether oxygens (including phenoxy) is 1. The van der Waals surface area contributed by atoms with Crippen LogP contribution in [0.1, 0.15) is 51.4 Å². The third-order valence-electron chi connectivity index (χ3n) is 4.11. The van der Waals surface area contributed by atoms with E-state index in [0.29, 0.717) is 5.54 Å². The minimum Gasteiger partial charge on any atom is -0.385 e. The highest BCUT2D eigenvalue weighted by molar-refractivity contribution is 5.01. The van der Waals surface area contributed by atoms with Crippen LogP contribution in [0.25, 0.3) is 0 Å². The second-order valence-electron chi connectivity index (χ2n) is 5.26. The van der Waals surface area contributed by atoms with Crippen LogP contribution in [0.3, 0.4) is 0 Å². The Balaban J connectivity index is 1.88. The van der Waals surface area contributed by atoms with Gasteiger partial charge in [0, 0.05) is 19.3 Å². The zero-order chi connectivity index (χ0) is 10.6. The molecule has 15 heavy (non-hydrogen) atoms. The van der Waals surface area contributed by atoms with E-state index in [9.17, 15) is 0 Å². The molecule has 0 aromatic rings. The first-order chi connectivity index (χ1) is 7.37. The van der Waals surface area contributed by atoms with Gasteiger partial charge in [0.15, 0.2) is 0 Å². The van der Waals surface area contributed by atoms with Gasteiger partial charge in [-0.15, -0.1) is 0 Å². The van der Waals surface area contributed by atoms with Gasteiger partial charge in [-0.2, -0.15) is 0 Å². The molecule has 2 fully saturated rings. The van der Waals surface area contributed by atoms with Crippen LogP contribution >= 0.6 is 0 Å². The second-order valence-corrected chi connectivity index (χ2v) is 5.26. The van der Waals surface area contributed by atoms with Gasteiger partial charge < -0.3 is 10.1 Å². The van der Waals surface area contributed by atoms with Crippen LogP contribution < -0.4 is 5.32 Å². The second kappa shape index (κ2) is 5.31. The van der Waals surface area contributed by atoms with E-state index in [2.05, 4.69) is 5.32 Å². The van der Waals surface area contributed by atoms with Gasteiger partial charge in [0.05, 0.1) is 0 Å². The molecule has 2 nitrogen and oxygen atoms in total. The summed E-state index contributed by atoms with van der Waals surface area (Å²) >= 11 is 0. The molecular formula is C13H25NO. The van der Waals surface area contributed by atoms with E-state index in [1.165, 1.54) is 57.9 Å².